The fraction of sp³-hybridized carbons (Fsp3) is 0.618. The van der Waals surface area contributed by atoms with Gasteiger partial charge in [-0.2, -0.15) is 8.78 Å². The van der Waals surface area contributed by atoms with Gasteiger partial charge in [-0.1, -0.05) is 25.1 Å². The van der Waals surface area contributed by atoms with E-state index in [-0.39, 0.29) is 24.1 Å². The molecule has 2 N–H and O–H groups in total. The molecule has 0 saturated carbocycles. The number of nitrogens with one attached hydrogen (secondary N) is 1. The second kappa shape index (κ2) is 23.2. The molecule has 2 heterocycles. The lowest BCUT2D eigenvalue weighted by molar-refractivity contribution is -0.111. The van der Waals surface area contributed by atoms with Crippen LogP contribution in [0.3, 0.4) is 0 Å². The summed E-state index contributed by atoms with van der Waals surface area (Å²) in [6.07, 6.45) is 5.21. The predicted molar refractivity (Wildman–Crippen MR) is 195 cm³/mol. The van der Waals surface area contributed by atoms with E-state index in [0.29, 0.717) is 49.6 Å². The highest BCUT2D eigenvalue weighted by atomic mass is 32.2. The first kappa shape index (κ1) is 46.4. The van der Waals surface area contributed by atoms with Crippen molar-refractivity contribution in [3.8, 4) is 0 Å². The summed E-state index contributed by atoms with van der Waals surface area (Å²) in [5.74, 6) is -0.275. The number of alkyl halides is 4. The molecule has 2 aliphatic heterocycles. The maximum atomic E-state index is 13.4. The maximum Gasteiger partial charge on any atom is 0.310 e. The minimum Gasteiger partial charge on any atom is -0.370 e. The summed E-state index contributed by atoms with van der Waals surface area (Å²) in [6.45, 7) is 4.99. The average Bonchev–Trinajstić information content (AvgIpc) is 3.54. The average molecular weight is 768 g/mol. The molecule has 290 valence electrons. The SMILES string of the molecule is CCN(CCC=O)CC(F)F.CN(C)C1CCN(S(C)(=O)=O)CC1.CN1CCC[C@H]1C=O.CNC(=O)c1ccc2ccc(C(F)(F)PO)cc2c1. The van der Waals surface area contributed by atoms with Crippen LogP contribution >= 0.6 is 8.81 Å². The van der Waals surface area contributed by atoms with Crippen LogP contribution in [0.5, 0.6) is 0 Å². The van der Waals surface area contributed by atoms with Gasteiger partial charge >= 0.3 is 5.66 Å². The van der Waals surface area contributed by atoms with E-state index < -0.39 is 30.9 Å². The van der Waals surface area contributed by atoms with E-state index in [2.05, 4.69) is 15.1 Å². The van der Waals surface area contributed by atoms with Crippen molar-refractivity contribution in [1.82, 2.24) is 24.3 Å². The van der Waals surface area contributed by atoms with Gasteiger partial charge in [0.05, 0.1) is 27.6 Å². The smallest absolute Gasteiger partial charge is 0.310 e. The first-order chi connectivity index (χ1) is 23.9. The van der Waals surface area contributed by atoms with Gasteiger partial charge < -0.3 is 24.7 Å². The number of aldehydes is 2. The van der Waals surface area contributed by atoms with Crippen LogP contribution in [0, 0.1) is 0 Å². The molecule has 0 spiro atoms. The summed E-state index contributed by atoms with van der Waals surface area (Å²) in [5.41, 5.74) is -3.10. The zero-order valence-corrected chi connectivity index (χ0v) is 32.1. The third kappa shape index (κ3) is 16.7. The number of benzene rings is 2. The molecule has 0 radical (unpaired) electrons. The lowest BCUT2D eigenvalue weighted by Crippen LogP contribution is -2.43. The highest BCUT2D eigenvalue weighted by Crippen LogP contribution is 2.42. The fourth-order valence-electron chi connectivity index (χ4n) is 5.40. The monoisotopic (exact) mass is 767 g/mol. The molecule has 1 unspecified atom stereocenters. The lowest BCUT2D eigenvalue weighted by Gasteiger charge is -2.33. The van der Waals surface area contributed by atoms with Gasteiger partial charge in [0, 0.05) is 50.3 Å². The Hall–Kier alpha value is -2.59. The Balaban J connectivity index is 0.000000358. The lowest BCUT2D eigenvalue weighted by atomic mass is 10.0. The minimum atomic E-state index is -3.25. The van der Waals surface area contributed by atoms with Gasteiger partial charge in [0.15, 0.2) is 0 Å². The Labute approximate surface area is 301 Å². The van der Waals surface area contributed by atoms with E-state index in [1.165, 1.54) is 31.9 Å². The number of likely N-dealkylation sites (N-methyl/N-ethyl adjacent to an activating group) is 1. The quantitative estimate of drug-likeness (QED) is 0.185. The first-order valence-electron chi connectivity index (χ1n) is 16.7. The van der Waals surface area contributed by atoms with Crippen LogP contribution in [0.1, 0.15) is 54.9 Å². The number of fused-ring (bicyclic) bond motifs is 1. The van der Waals surface area contributed by atoms with Crippen molar-refractivity contribution in [3.63, 3.8) is 0 Å². The molecule has 0 aliphatic carbocycles. The molecule has 2 saturated heterocycles. The van der Waals surface area contributed by atoms with Gasteiger partial charge in [0.25, 0.3) is 12.3 Å². The molecule has 11 nitrogen and oxygen atoms in total. The molecule has 2 atom stereocenters. The van der Waals surface area contributed by atoms with Crippen molar-refractivity contribution >= 4 is 48.1 Å². The van der Waals surface area contributed by atoms with Crippen LogP contribution in [0.4, 0.5) is 17.6 Å². The molecule has 2 aromatic rings. The van der Waals surface area contributed by atoms with E-state index in [1.54, 1.807) is 40.4 Å². The van der Waals surface area contributed by atoms with E-state index in [1.807, 2.05) is 21.1 Å². The van der Waals surface area contributed by atoms with Crippen LogP contribution < -0.4 is 5.32 Å². The molecule has 2 aromatic carbocycles. The number of hydrogen-bond acceptors (Lipinski definition) is 9. The summed E-state index contributed by atoms with van der Waals surface area (Å²) in [7, 11) is 3.13. The number of halogens is 4. The number of hydrogen-bond donors (Lipinski definition) is 2. The van der Waals surface area contributed by atoms with Gasteiger partial charge in [0.2, 0.25) is 10.0 Å². The van der Waals surface area contributed by atoms with Crippen LogP contribution in [0.15, 0.2) is 36.4 Å². The number of carbonyl (C=O) groups is 3. The van der Waals surface area contributed by atoms with Crippen molar-refractivity contribution in [3.05, 3.63) is 47.5 Å². The summed E-state index contributed by atoms with van der Waals surface area (Å²) in [4.78, 5) is 46.1. The number of amides is 1. The maximum absolute atomic E-state index is 13.4. The van der Waals surface area contributed by atoms with Crippen molar-refractivity contribution in [2.75, 3.05) is 73.7 Å². The number of piperidine rings is 1. The normalized spacial score (nSPS) is 17.5. The molecule has 2 aliphatic rings. The summed E-state index contributed by atoms with van der Waals surface area (Å²) in [5, 5.41) is 3.77. The predicted octanol–water partition coefficient (Wildman–Crippen LogP) is 4.25. The zero-order valence-electron chi connectivity index (χ0n) is 30.3. The number of rotatable bonds is 12. The first-order valence-corrected chi connectivity index (χ1v) is 19.5. The Morgan fingerprint density at radius 3 is 2.14 bits per heavy atom. The van der Waals surface area contributed by atoms with Crippen LogP contribution in [0.2, 0.25) is 0 Å². The molecule has 0 aromatic heterocycles. The summed E-state index contributed by atoms with van der Waals surface area (Å²) < 4.78 is 74.3. The van der Waals surface area contributed by atoms with Crippen molar-refractivity contribution in [1.29, 1.82) is 0 Å². The summed E-state index contributed by atoms with van der Waals surface area (Å²) in [6, 6.07) is 9.76. The van der Waals surface area contributed by atoms with E-state index in [9.17, 15) is 40.4 Å². The standard InChI is InChI=1S/C13H12F2NO2P.C8H18N2O2S.C7H13F2NO.C6H11NO/c1-16-12(17)9-3-2-8-4-5-11(7-10(8)6-9)13(14,15)19-18;1-9(2)8-4-6-10(7-5-8)13(3,11)12;1-2-10(4-3-5-11)6-7(8)9;1-7-4-2-3-6(7)5-8/h2-7,18-19H,1H3,(H,16,17);8H,4-7H2,1-3H3;5,7H,2-4,6H2,1H3;5-6H,2-4H2,1H3/t;;;6-/m...0/s1. The topological polar surface area (TPSA) is 131 Å². The Morgan fingerprint density at radius 2 is 1.71 bits per heavy atom. The molecule has 1 amide bonds. The Morgan fingerprint density at radius 1 is 1.08 bits per heavy atom. The third-order valence-corrected chi connectivity index (χ3v) is 10.5. The van der Waals surface area contributed by atoms with Crippen LogP contribution in [-0.4, -0.2) is 143 Å². The van der Waals surface area contributed by atoms with Crippen LogP contribution in [0.25, 0.3) is 10.8 Å². The largest absolute Gasteiger partial charge is 0.370 e. The second-order valence-corrected chi connectivity index (χ2v) is 15.3. The number of carbonyl (C=O) groups excluding carboxylic acids is 3. The second-order valence-electron chi connectivity index (χ2n) is 12.5. The van der Waals surface area contributed by atoms with E-state index in [0.717, 1.165) is 43.8 Å². The zero-order chi connectivity index (χ0) is 38.8. The Kier molecular flexibility index (Phi) is 21.1. The summed E-state index contributed by atoms with van der Waals surface area (Å²) >= 11 is 0. The molecular weight excluding hydrogens is 713 g/mol. The van der Waals surface area contributed by atoms with E-state index in [4.69, 9.17) is 4.89 Å². The molecule has 0 bridgehead atoms. The molecular formula is C34H54F4N5O6PS. The van der Waals surface area contributed by atoms with Gasteiger partial charge in [-0.05, 0) is 88.9 Å². The van der Waals surface area contributed by atoms with Gasteiger partial charge in [-0.15, -0.1) is 0 Å². The van der Waals surface area contributed by atoms with Gasteiger partial charge in [-0.3, -0.25) is 14.6 Å². The highest BCUT2D eigenvalue weighted by molar-refractivity contribution is 7.88. The van der Waals surface area contributed by atoms with Crippen molar-refractivity contribution in [2.24, 2.45) is 0 Å². The molecule has 4 rings (SSSR count). The molecule has 51 heavy (non-hydrogen) atoms. The van der Waals surface area contributed by atoms with E-state index >= 15 is 0 Å². The third-order valence-electron chi connectivity index (χ3n) is 8.60. The highest BCUT2D eigenvalue weighted by Gasteiger charge is 2.31. The molecule has 17 heteroatoms. The van der Waals surface area contributed by atoms with Gasteiger partial charge in [-0.25, -0.2) is 21.5 Å². The minimum absolute atomic E-state index is 0.218. The van der Waals surface area contributed by atoms with Gasteiger partial charge in [0.1, 0.15) is 12.6 Å². The van der Waals surface area contributed by atoms with Crippen LogP contribution in [-0.2, 0) is 25.3 Å². The number of likely N-dealkylation sites (tertiary alicyclic amines) is 1. The Bertz CT molecular complexity index is 1470. The molecule has 2 fully saturated rings. The number of sulfonamides is 1. The van der Waals surface area contributed by atoms with Crippen molar-refractivity contribution in [2.45, 2.75) is 63.2 Å². The van der Waals surface area contributed by atoms with Crippen molar-refractivity contribution < 1.29 is 45.3 Å². The fourth-order valence-corrected chi connectivity index (χ4v) is 6.56. The number of nitrogens with zero attached hydrogens (tertiary/aromatic N) is 4.